The van der Waals surface area contributed by atoms with Crippen LogP contribution in [0.25, 0.3) is 0 Å². The summed E-state index contributed by atoms with van der Waals surface area (Å²) in [6, 6.07) is -0.657. The molecule has 0 unspecified atom stereocenters. The Bertz CT molecular complexity index is 447. The van der Waals surface area contributed by atoms with Crippen LogP contribution < -0.4 is 0 Å². The number of hydrogen-bond acceptors (Lipinski definition) is 6. The Kier molecular flexibility index (Phi) is 4.05. The maximum Gasteiger partial charge on any atom is 0.360 e. The molecule has 0 saturated heterocycles. The van der Waals surface area contributed by atoms with Gasteiger partial charge in [-0.3, -0.25) is 0 Å². The second-order valence-electron chi connectivity index (χ2n) is 4.78. The number of hydrogen-bond donors (Lipinski definition) is 0. The SMILES string of the molecule is COC(=O)c1cn([C@@H](C)C(=O)OC(C)(C)C)nn1. The fourth-order valence-electron chi connectivity index (χ4n) is 1.16. The van der Waals surface area contributed by atoms with Crippen molar-refractivity contribution in [3.63, 3.8) is 0 Å². The molecule has 7 nitrogen and oxygen atoms in total. The van der Waals surface area contributed by atoms with Gasteiger partial charge in [-0.05, 0) is 27.7 Å². The van der Waals surface area contributed by atoms with Gasteiger partial charge in [0.05, 0.1) is 13.3 Å². The Balaban J connectivity index is 2.78. The second kappa shape index (κ2) is 5.16. The molecule has 0 aliphatic heterocycles. The van der Waals surface area contributed by atoms with Gasteiger partial charge in [0, 0.05) is 0 Å². The van der Waals surface area contributed by atoms with E-state index in [4.69, 9.17) is 4.74 Å². The maximum atomic E-state index is 11.8. The van der Waals surface area contributed by atoms with Crippen LogP contribution in [0.5, 0.6) is 0 Å². The van der Waals surface area contributed by atoms with E-state index in [0.717, 1.165) is 0 Å². The molecular formula is C11H17N3O4. The van der Waals surface area contributed by atoms with Crippen LogP contribution in [-0.4, -0.2) is 39.6 Å². The maximum absolute atomic E-state index is 11.8. The van der Waals surface area contributed by atoms with E-state index in [1.54, 1.807) is 27.7 Å². The van der Waals surface area contributed by atoms with Crippen LogP contribution in [0.15, 0.2) is 6.20 Å². The number of ether oxygens (including phenoxy) is 2. The highest BCUT2D eigenvalue weighted by atomic mass is 16.6. The lowest BCUT2D eigenvalue weighted by Crippen LogP contribution is -2.29. The third kappa shape index (κ3) is 3.54. The smallest absolute Gasteiger partial charge is 0.360 e. The Morgan fingerprint density at radius 1 is 1.39 bits per heavy atom. The predicted molar refractivity (Wildman–Crippen MR) is 61.9 cm³/mol. The van der Waals surface area contributed by atoms with Gasteiger partial charge in [-0.1, -0.05) is 5.21 Å². The highest BCUT2D eigenvalue weighted by molar-refractivity contribution is 5.86. The predicted octanol–water partition coefficient (Wildman–Crippen LogP) is 0.967. The first-order valence-electron chi connectivity index (χ1n) is 5.47. The summed E-state index contributed by atoms with van der Waals surface area (Å²) < 4.78 is 11.0. The van der Waals surface area contributed by atoms with Gasteiger partial charge in [-0.2, -0.15) is 0 Å². The molecular weight excluding hydrogens is 238 g/mol. The van der Waals surface area contributed by atoms with Gasteiger partial charge in [0.2, 0.25) is 0 Å². The van der Waals surface area contributed by atoms with Crippen molar-refractivity contribution in [3.05, 3.63) is 11.9 Å². The normalized spacial score (nSPS) is 12.9. The zero-order chi connectivity index (χ0) is 13.9. The monoisotopic (exact) mass is 255 g/mol. The molecule has 0 aliphatic carbocycles. The molecule has 1 aromatic rings. The summed E-state index contributed by atoms with van der Waals surface area (Å²) in [6.07, 6.45) is 1.35. The fourth-order valence-corrected chi connectivity index (χ4v) is 1.16. The van der Waals surface area contributed by atoms with E-state index in [1.165, 1.54) is 18.0 Å². The molecule has 1 atom stereocenters. The Labute approximate surface area is 105 Å². The number of aromatic nitrogens is 3. The van der Waals surface area contributed by atoms with E-state index in [9.17, 15) is 9.59 Å². The van der Waals surface area contributed by atoms with Gasteiger partial charge in [-0.15, -0.1) is 5.10 Å². The fraction of sp³-hybridized carbons (Fsp3) is 0.636. The summed E-state index contributed by atoms with van der Waals surface area (Å²) in [4.78, 5) is 23.0. The standard InChI is InChI=1S/C11H17N3O4/c1-7(9(15)18-11(2,3)4)14-6-8(12-13-14)10(16)17-5/h6-7H,1-5H3/t7-/m0/s1. The molecule has 0 fully saturated rings. The summed E-state index contributed by atoms with van der Waals surface area (Å²) >= 11 is 0. The summed E-state index contributed by atoms with van der Waals surface area (Å²) in [5.74, 6) is -1.04. The van der Waals surface area contributed by atoms with Gasteiger partial charge in [0.1, 0.15) is 11.6 Å². The topological polar surface area (TPSA) is 83.3 Å². The number of rotatable bonds is 3. The van der Waals surface area contributed by atoms with Crippen LogP contribution in [0.1, 0.15) is 44.2 Å². The number of carbonyl (C=O) groups is 2. The van der Waals surface area contributed by atoms with Crippen molar-refractivity contribution in [2.45, 2.75) is 39.3 Å². The highest BCUT2D eigenvalue weighted by Crippen LogP contribution is 2.14. The van der Waals surface area contributed by atoms with Crippen LogP contribution in [0.2, 0.25) is 0 Å². The van der Waals surface area contributed by atoms with Crippen molar-refractivity contribution >= 4 is 11.9 Å². The Hall–Kier alpha value is -1.92. The molecule has 0 aromatic carbocycles. The van der Waals surface area contributed by atoms with Gasteiger partial charge in [0.25, 0.3) is 0 Å². The summed E-state index contributed by atoms with van der Waals surface area (Å²) in [5, 5.41) is 7.32. The third-order valence-corrected chi connectivity index (χ3v) is 2.05. The van der Waals surface area contributed by atoms with E-state index in [0.29, 0.717) is 0 Å². The van der Waals surface area contributed by atoms with Gasteiger partial charge >= 0.3 is 11.9 Å². The summed E-state index contributed by atoms with van der Waals surface area (Å²) in [5.41, 5.74) is -0.523. The van der Waals surface area contributed by atoms with Crippen LogP contribution in [0.4, 0.5) is 0 Å². The van der Waals surface area contributed by atoms with Crippen molar-refractivity contribution in [2.75, 3.05) is 7.11 Å². The molecule has 1 heterocycles. The first kappa shape index (κ1) is 14.1. The molecule has 18 heavy (non-hydrogen) atoms. The molecule has 0 spiro atoms. The third-order valence-electron chi connectivity index (χ3n) is 2.05. The molecule has 100 valence electrons. The van der Waals surface area contributed by atoms with E-state index in [-0.39, 0.29) is 5.69 Å². The largest absolute Gasteiger partial charge is 0.464 e. The molecule has 7 heteroatoms. The van der Waals surface area contributed by atoms with Gasteiger partial charge in [0.15, 0.2) is 5.69 Å². The average molecular weight is 255 g/mol. The molecule has 0 amide bonds. The number of carbonyl (C=O) groups excluding carboxylic acids is 2. The van der Waals surface area contributed by atoms with E-state index in [1.807, 2.05) is 0 Å². The van der Waals surface area contributed by atoms with Crippen molar-refractivity contribution in [1.82, 2.24) is 15.0 Å². The molecule has 0 radical (unpaired) electrons. The van der Waals surface area contributed by atoms with Crippen LogP contribution >= 0.6 is 0 Å². The van der Waals surface area contributed by atoms with E-state index in [2.05, 4.69) is 15.0 Å². The number of methoxy groups -OCH3 is 1. The zero-order valence-corrected chi connectivity index (χ0v) is 11.1. The molecule has 0 aliphatic rings. The minimum Gasteiger partial charge on any atom is -0.464 e. The Morgan fingerprint density at radius 2 is 2.00 bits per heavy atom. The molecule has 1 aromatic heterocycles. The summed E-state index contributed by atoms with van der Waals surface area (Å²) in [7, 11) is 1.25. The first-order valence-corrected chi connectivity index (χ1v) is 5.47. The molecule has 0 bridgehead atoms. The second-order valence-corrected chi connectivity index (χ2v) is 4.78. The van der Waals surface area contributed by atoms with Crippen molar-refractivity contribution < 1.29 is 19.1 Å². The van der Waals surface area contributed by atoms with Crippen molar-refractivity contribution in [3.8, 4) is 0 Å². The lowest BCUT2D eigenvalue weighted by Gasteiger charge is -2.22. The van der Waals surface area contributed by atoms with E-state index < -0.39 is 23.6 Å². The van der Waals surface area contributed by atoms with Crippen LogP contribution in [0, 0.1) is 0 Å². The zero-order valence-electron chi connectivity index (χ0n) is 11.1. The first-order chi connectivity index (χ1) is 8.24. The molecule has 1 rings (SSSR count). The lowest BCUT2D eigenvalue weighted by atomic mass is 10.2. The molecule has 0 saturated carbocycles. The number of esters is 2. The highest BCUT2D eigenvalue weighted by Gasteiger charge is 2.24. The van der Waals surface area contributed by atoms with Crippen molar-refractivity contribution in [1.29, 1.82) is 0 Å². The number of nitrogens with zero attached hydrogens (tertiary/aromatic N) is 3. The van der Waals surface area contributed by atoms with Gasteiger partial charge < -0.3 is 9.47 Å². The minimum absolute atomic E-state index is 0.0490. The Morgan fingerprint density at radius 3 is 2.50 bits per heavy atom. The van der Waals surface area contributed by atoms with Crippen LogP contribution in [0.3, 0.4) is 0 Å². The lowest BCUT2D eigenvalue weighted by molar-refractivity contribution is -0.158. The summed E-state index contributed by atoms with van der Waals surface area (Å²) in [6.45, 7) is 6.94. The quantitative estimate of drug-likeness (QED) is 0.748. The van der Waals surface area contributed by atoms with Crippen LogP contribution in [-0.2, 0) is 14.3 Å². The molecule has 0 N–H and O–H groups in total. The minimum atomic E-state index is -0.657. The van der Waals surface area contributed by atoms with Crippen molar-refractivity contribution in [2.24, 2.45) is 0 Å². The van der Waals surface area contributed by atoms with E-state index >= 15 is 0 Å². The average Bonchev–Trinajstić information content (AvgIpc) is 2.73. The van der Waals surface area contributed by atoms with Gasteiger partial charge in [-0.25, -0.2) is 14.3 Å².